The Morgan fingerprint density at radius 2 is 2.29 bits per heavy atom. The molecule has 2 rings (SSSR count). The van der Waals surface area contributed by atoms with Gasteiger partial charge in [0.05, 0.1) is 6.10 Å². The second-order valence-electron chi connectivity index (χ2n) is 4.04. The minimum Gasteiger partial charge on any atom is -0.474 e. The minimum absolute atomic E-state index is 0.0916. The highest BCUT2D eigenvalue weighted by molar-refractivity contribution is 6.22. The molecule has 0 saturated heterocycles. The van der Waals surface area contributed by atoms with Crippen LogP contribution in [0, 0.1) is 0 Å². The van der Waals surface area contributed by atoms with Crippen LogP contribution in [0.2, 0.25) is 0 Å². The molecular formula is C11H15ClN4O. The van der Waals surface area contributed by atoms with E-state index in [1.165, 1.54) is 0 Å². The van der Waals surface area contributed by atoms with Crippen molar-refractivity contribution in [3.05, 3.63) is 17.8 Å². The van der Waals surface area contributed by atoms with Gasteiger partial charge in [-0.05, 0) is 26.8 Å². The summed E-state index contributed by atoms with van der Waals surface area (Å²) in [5.41, 5.74) is 0.548. The smallest absolute Gasteiger partial charge is 0.234 e. The summed E-state index contributed by atoms with van der Waals surface area (Å²) in [6, 6.07) is 1.81. The van der Waals surface area contributed by atoms with E-state index >= 15 is 0 Å². The Balaban J connectivity index is 2.19. The lowest BCUT2D eigenvalue weighted by atomic mass is 10.3. The molecule has 2 heterocycles. The van der Waals surface area contributed by atoms with E-state index in [2.05, 4.69) is 15.2 Å². The molecule has 0 aromatic carbocycles. The Hall–Kier alpha value is -1.49. The molecule has 1 atom stereocenters. The number of alkyl halides is 1. The summed E-state index contributed by atoms with van der Waals surface area (Å²) >= 11 is 6.13. The fourth-order valence-corrected chi connectivity index (χ4v) is 1.88. The van der Waals surface area contributed by atoms with E-state index in [4.69, 9.17) is 16.3 Å². The van der Waals surface area contributed by atoms with Crippen molar-refractivity contribution >= 4 is 23.6 Å². The van der Waals surface area contributed by atoms with Gasteiger partial charge in [0.25, 0.3) is 0 Å². The quantitative estimate of drug-likeness (QED) is 0.666. The number of nitrogens with zero attached hydrogens (tertiary/aromatic N) is 3. The maximum atomic E-state index is 6.13. The number of hydrogen-bond acceptors (Lipinski definition) is 4. The summed E-state index contributed by atoms with van der Waals surface area (Å²) in [6.07, 6.45) is 3.68. The second kappa shape index (κ2) is 4.79. The Bertz CT molecular complexity index is 452. The molecular weight excluding hydrogens is 240 g/mol. The fraction of sp³-hybridized carbons (Fsp3) is 0.455. The Morgan fingerprint density at radius 1 is 1.53 bits per heavy atom. The Morgan fingerprint density at radius 3 is 2.94 bits per heavy atom. The largest absolute Gasteiger partial charge is 0.474 e. The molecule has 0 saturated carbocycles. The van der Waals surface area contributed by atoms with Crippen LogP contribution in [0.3, 0.4) is 0 Å². The van der Waals surface area contributed by atoms with Gasteiger partial charge in [0.2, 0.25) is 11.5 Å². The maximum absolute atomic E-state index is 6.13. The van der Waals surface area contributed by atoms with Crippen LogP contribution in [0.4, 0.5) is 5.82 Å². The summed E-state index contributed by atoms with van der Waals surface area (Å²) in [5.74, 6) is 1.33. The zero-order valence-corrected chi connectivity index (χ0v) is 10.8. The van der Waals surface area contributed by atoms with Crippen LogP contribution in [0.15, 0.2) is 22.8 Å². The first-order valence-corrected chi connectivity index (χ1v) is 5.87. The average Bonchev–Trinajstić information content (AvgIpc) is 2.65. The first kappa shape index (κ1) is 12.0. The molecule has 1 N–H and O–H groups in total. The number of aliphatic imine (C=N–C) groups is 1. The number of rotatable bonds is 3. The van der Waals surface area contributed by atoms with Crippen LogP contribution in [-0.2, 0) is 0 Å². The van der Waals surface area contributed by atoms with Gasteiger partial charge in [0, 0.05) is 18.0 Å². The number of ether oxygens (including phenoxy) is 1. The third kappa shape index (κ3) is 2.61. The summed E-state index contributed by atoms with van der Waals surface area (Å²) < 4.78 is 5.49. The molecule has 17 heavy (non-hydrogen) atoms. The predicted molar refractivity (Wildman–Crippen MR) is 68.7 cm³/mol. The number of halogens is 1. The molecule has 5 nitrogen and oxygen atoms in total. The van der Waals surface area contributed by atoms with Gasteiger partial charge in [-0.15, -0.1) is 5.10 Å². The number of aromatic nitrogens is 2. The molecule has 0 fully saturated rings. The topological polar surface area (TPSA) is 53.5 Å². The molecule has 1 aliphatic heterocycles. The number of aromatic amines is 1. The van der Waals surface area contributed by atoms with Crippen LogP contribution < -0.4 is 9.64 Å². The van der Waals surface area contributed by atoms with Gasteiger partial charge in [0.1, 0.15) is 5.82 Å². The van der Waals surface area contributed by atoms with Gasteiger partial charge < -0.3 is 4.74 Å². The van der Waals surface area contributed by atoms with Crippen molar-refractivity contribution in [1.82, 2.24) is 10.2 Å². The molecule has 0 aliphatic carbocycles. The molecule has 0 bridgehead atoms. The number of nitrogens with one attached hydrogen (secondary N) is 1. The molecule has 1 unspecified atom stereocenters. The third-order valence-corrected chi connectivity index (χ3v) is 2.58. The lowest BCUT2D eigenvalue weighted by Crippen LogP contribution is -2.30. The van der Waals surface area contributed by atoms with E-state index in [-0.39, 0.29) is 6.10 Å². The van der Waals surface area contributed by atoms with Gasteiger partial charge in [0.15, 0.2) is 0 Å². The molecule has 1 aromatic heterocycles. The second-order valence-corrected chi connectivity index (χ2v) is 4.44. The number of hydrogen-bond donors (Lipinski definition) is 1. The minimum atomic E-state index is -0.452. The van der Waals surface area contributed by atoms with Crippen molar-refractivity contribution in [3.8, 4) is 5.88 Å². The average molecular weight is 255 g/mol. The molecule has 0 spiro atoms. The van der Waals surface area contributed by atoms with Crippen molar-refractivity contribution in [2.75, 3.05) is 4.90 Å². The first-order valence-electron chi connectivity index (χ1n) is 5.43. The van der Waals surface area contributed by atoms with Crippen molar-refractivity contribution in [2.24, 2.45) is 4.99 Å². The van der Waals surface area contributed by atoms with Gasteiger partial charge in [-0.2, -0.15) is 0 Å². The number of allylic oxidation sites excluding steroid dienone is 2. The molecule has 0 amide bonds. The number of H-pyrrole nitrogens is 1. The molecule has 92 valence electrons. The molecule has 0 radical (unpaired) electrons. The lowest BCUT2D eigenvalue weighted by Gasteiger charge is -2.27. The van der Waals surface area contributed by atoms with Gasteiger partial charge in [-0.25, -0.2) is 0 Å². The van der Waals surface area contributed by atoms with E-state index in [0.717, 1.165) is 11.5 Å². The van der Waals surface area contributed by atoms with E-state index in [1.54, 1.807) is 6.21 Å². The van der Waals surface area contributed by atoms with Crippen LogP contribution in [0.25, 0.3) is 0 Å². The summed E-state index contributed by atoms with van der Waals surface area (Å²) in [5, 5.41) is 6.97. The molecule has 6 heteroatoms. The van der Waals surface area contributed by atoms with Crippen LogP contribution >= 0.6 is 11.6 Å². The van der Waals surface area contributed by atoms with Gasteiger partial charge >= 0.3 is 0 Å². The van der Waals surface area contributed by atoms with Crippen molar-refractivity contribution in [2.45, 2.75) is 32.5 Å². The summed E-state index contributed by atoms with van der Waals surface area (Å²) in [7, 11) is 0. The molecule has 1 aromatic rings. The van der Waals surface area contributed by atoms with Gasteiger partial charge in [-0.3, -0.25) is 15.0 Å². The SMILES string of the molecule is CC1=CC=NC(Cl)N1c1cc(OC(C)C)n[nH]1. The van der Waals surface area contributed by atoms with Crippen molar-refractivity contribution in [3.63, 3.8) is 0 Å². The van der Waals surface area contributed by atoms with E-state index < -0.39 is 5.62 Å². The zero-order valence-electron chi connectivity index (χ0n) is 10.0. The highest BCUT2D eigenvalue weighted by Gasteiger charge is 2.21. The first-order chi connectivity index (χ1) is 8.08. The van der Waals surface area contributed by atoms with E-state index in [1.807, 2.05) is 37.8 Å². The monoisotopic (exact) mass is 254 g/mol. The maximum Gasteiger partial charge on any atom is 0.234 e. The van der Waals surface area contributed by atoms with Crippen molar-refractivity contribution in [1.29, 1.82) is 0 Å². The highest BCUT2D eigenvalue weighted by Crippen LogP contribution is 2.27. The van der Waals surface area contributed by atoms with Crippen LogP contribution in [0.5, 0.6) is 5.88 Å². The zero-order chi connectivity index (χ0) is 12.4. The summed E-state index contributed by atoms with van der Waals surface area (Å²) in [6.45, 7) is 5.87. The Kier molecular flexibility index (Phi) is 3.38. The van der Waals surface area contributed by atoms with Gasteiger partial charge in [-0.1, -0.05) is 11.6 Å². The van der Waals surface area contributed by atoms with Crippen molar-refractivity contribution < 1.29 is 4.74 Å². The standard InChI is InChI=1S/C11H15ClN4O/c1-7(2)17-10-6-9(14-15-10)16-8(3)4-5-13-11(16)12/h4-7,11H,1-3H3,(H,14,15). The van der Waals surface area contributed by atoms with E-state index in [0.29, 0.717) is 5.88 Å². The predicted octanol–water partition coefficient (Wildman–Crippen LogP) is 2.51. The number of anilines is 1. The lowest BCUT2D eigenvalue weighted by molar-refractivity contribution is 0.232. The Labute approximate surface area is 105 Å². The van der Waals surface area contributed by atoms with Crippen LogP contribution in [-0.4, -0.2) is 28.1 Å². The normalized spacial score (nSPS) is 19.7. The van der Waals surface area contributed by atoms with E-state index in [9.17, 15) is 0 Å². The third-order valence-electron chi connectivity index (χ3n) is 2.27. The summed E-state index contributed by atoms with van der Waals surface area (Å²) in [4.78, 5) is 5.96. The van der Waals surface area contributed by atoms with Crippen LogP contribution in [0.1, 0.15) is 20.8 Å². The molecule has 1 aliphatic rings. The highest BCUT2D eigenvalue weighted by atomic mass is 35.5. The fourth-order valence-electron chi connectivity index (χ4n) is 1.56.